The van der Waals surface area contributed by atoms with Gasteiger partial charge in [0.15, 0.2) is 0 Å². The van der Waals surface area contributed by atoms with Crippen LogP contribution in [0.15, 0.2) is 23.2 Å². The SMILES string of the molecule is CCCN(CC(F)(F)F)S(=O)(=O)c1ccc(Cl)nc1. The average molecular weight is 317 g/mol. The lowest BCUT2D eigenvalue weighted by Gasteiger charge is -2.22. The molecule has 0 N–H and O–H groups in total. The minimum atomic E-state index is -4.60. The largest absolute Gasteiger partial charge is 0.402 e. The molecule has 1 heterocycles. The van der Waals surface area contributed by atoms with Crippen molar-refractivity contribution in [2.45, 2.75) is 24.4 Å². The molecule has 9 heteroatoms. The Morgan fingerprint density at radius 2 is 2.00 bits per heavy atom. The second-order valence-electron chi connectivity index (χ2n) is 3.77. The summed E-state index contributed by atoms with van der Waals surface area (Å²) in [5, 5.41) is 0.0665. The third-order valence-corrected chi connectivity index (χ3v) is 4.22. The molecule has 19 heavy (non-hydrogen) atoms. The average Bonchev–Trinajstić information content (AvgIpc) is 2.27. The minimum absolute atomic E-state index is 0.0665. The molecule has 0 aliphatic heterocycles. The summed E-state index contributed by atoms with van der Waals surface area (Å²) in [5.74, 6) is 0. The molecule has 0 saturated carbocycles. The number of aromatic nitrogens is 1. The van der Waals surface area contributed by atoms with Crippen molar-refractivity contribution in [3.63, 3.8) is 0 Å². The van der Waals surface area contributed by atoms with Crippen molar-refractivity contribution in [1.82, 2.24) is 9.29 Å². The molecule has 0 amide bonds. The second kappa shape index (κ2) is 6.06. The fourth-order valence-electron chi connectivity index (χ4n) is 1.40. The van der Waals surface area contributed by atoms with Gasteiger partial charge in [0.25, 0.3) is 0 Å². The predicted octanol–water partition coefficient (Wildman–Crippen LogP) is 2.70. The molecule has 0 atom stereocenters. The van der Waals surface area contributed by atoms with Crippen LogP contribution >= 0.6 is 11.6 Å². The standard InChI is InChI=1S/C10H12ClF3N2O2S/c1-2-5-16(7-10(12,13)14)19(17,18)8-3-4-9(11)15-6-8/h3-4,6H,2,5,7H2,1H3. The van der Waals surface area contributed by atoms with E-state index in [0.717, 1.165) is 12.3 Å². The highest BCUT2D eigenvalue weighted by Crippen LogP contribution is 2.23. The summed E-state index contributed by atoms with van der Waals surface area (Å²) in [6.07, 6.45) is -3.38. The van der Waals surface area contributed by atoms with Gasteiger partial charge in [-0.25, -0.2) is 13.4 Å². The zero-order valence-electron chi connectivity index (χ0n) is 9.98. The number of nitrogens with zero attached hydrogens (tertiary/aromatic N) is 2. The molecule has 0 aromatic carbocycles. The van der Waals surface area contributed by atoms with Gasteiger partial charge in [0.05, 0.1) is 0 Å². The Hall–Kier alpha value is -0.860. The van der Waals surface area contributed by atoms with Crippen LogP contribution < -0.4 is 0 Å². The number of hydrogen-bond acceptors (Lipinski definition) is 3. The lowest BCUT2D eigenvalue weighted by atomic mass is 10.5. The van der Waals surface area contributed by atoms with E-state index in [2.05, 4.69) is 4.98 Å². The van der Waals surface area contributed by atoms with E-state index >= 15 is 0 Å². The van der Waals surface area contributed by atoms with Crippen molar-refractivity contribution < 1.29 is 21.6 Å². The topological polar surface area (TPSA) is 50.3 Å². The summed E-state index contributed by atoms with van der Waals surface area (Å²) in [6, 6.07) is 2.34. The number of hydrogen-bond donors (Lipinski definition) is 0. The third-order valence-electron chi connectivity index (χ3n) is 2.17. The Bertz CT molecular complexity index is 517. The maximum Gasteiger partial charge on any atom is 0.402 e. The Morgan fingerprint density at radius 3 is 2.42 bits per heavy atom. The first-order valence-corrected chi connectivity index (χ1v) is 7.17. The van der Waals surface area contributed by atoms with E-state index in [9.17, 15) is 21.6 Å². The van der Waals surface area contributed by atoms with Gasteiger partial charge < -0.3 is 0 Å². The first-order valence-electron chi connectivity index (χ1n) is 5.35. The van der Waals surface area contributed by atoms with Crippen LogP contribution in [0.5, 0.6) is 0 Å². The van der Waals surface area contributed by atoms with Gasteiger partial charge >= 0.3 is 6.18 Å². The van der Waals surface area contributed by atoms with Crippen molar-refractivity contribution in [3.8, 4) is 0 Å². The summed E-state index contributed by atoms with van der Waals surface area (Å²) in [4.78, 5) is 3.25. The molecule has 0 aliphatic carbocycles. The maximum atomic E-state index is 12.4. The molecule has 0 bridgehead atoms. The summed E-state index contributed by atoms with van der Waals surface area (Å²) in [7, 11) is -4.22. The first-order chi connectivity index (χ1) is 8.66. The van der Waals surface area contributed by atoms with E-state index in [-0.39, 0.29) is 23.0 Å². The van der Waals surface area contributed by atoms with E-state index in [0.29, 0.717) is 4.31 Å². The Labute approximate surface area is 114 Å². The van der Waals surface area contributed by atoms with Crippen LogP contribution in [0.1, 0.15) is 13.3 Å². The molecule has 1 rings (SSSR count). The number of rotatable bonds is 5. The van der Waals surface area contributed by atoms with E-state index < -0.39 is 22.7 Å². The molecule has 0 fully saturated rings. The van der Waals surface area contributed by atoms with Gasteiger partial charge in [0.1, 0.15) is 16.6 Å². The highest BCUT2D eigenvalue weighted by atomic mass is 35.5. The number of alkyl halides is 3. The van der Waals surface area contributed by atoms with Crippen molar-refractivity contribution in [2.75, 3.05) is 13.1 Å². The smallest absolute Gasteiger partial charge is 0.243 e. The van der Waals surface area contributed by atoms with Crippen LogP contribution in [0.3, 0.4) is 0 Å². The van der Waals surface area contributed by atoms with Gasteiger partial charge in [-0.05, 0) is 18.6 Å². The molecule has 4 nitrogen and oxygen atoms in total. The molecule has 0 unspecified atom stereocenters. The molecular weight excluding hydrogens is 305 g/mol. The van der Waals surface area contributed by atoms with Gasteiger partial charge in [-0.3, -0.25) is 0 Å². The zero-order chi connectivity index (χ0) is 14.7. The van der Waals surface area contributed by atoms with Gasteiger partial charge in [-0.1, -0.05) is 18.5 Å². The van der Waals surface area contributed by atoms with E-state index in [1.807, 2.05) is 0 Å². The molecule has 108 valence electrons. The Morgan fingerprint density at radius 1 is 1.37 bits per heavy atom. The lowest BCUT2D eigenvalue weighted by Crippen LogP contribution is -2.39. The molecule has 0 saturated heterocycles. The van der Waals surface area contributed by atoms with E-state index in [1.165, 1.54) is 6.07 Å². The van der Waals surface area contributed by atoms with Crippen LogP contribution in [0.4, 0.5) is 13.2 Å². The van der Waals surface area contributed by atoms with Gasteiger partial charge in [-0.15, -0.1) is 0 Å². The van der Waals surface area contributed by atoms with Crippen molar-refractivity contribution in [1.29, 1.82) is 0 Å². The first kappa shape index (κ1) is 16.2. The van der Waals surface area contributed by atoms with Crippen LogP contribution in [0.2, 0.25) is 5.15 Å². The molecule has 0 radical (unpaired) electrons. The summed E-state index contributed by atoms with van der Waals surface area (Å²) < 4.78 is 61.7. The number of pyridine rings is 1. The Balaban J connectivity index is 3.09. The lowest BCUT2D eigenvalue weighted by molar-refractivity contribution is -0.136. The molecule has 0 spiro atoms. The van der Waals surface area contributed by atoms with Gasteiger partial charge in [-0.2, -0.15) is 17.5 Å². The van der Waals surface area contributed by atoms with E-state index in [4.69, 9.17) is 11.6 Å². The fourth-order valence-corrected chi connectivity index (χ4v) is 2.97. The highest BCUT2D eigenvalue weighted by molar-refractivity contribution is 7.89. The second-order valence-corrected chi connectivity index (χ2v) is 6.10. The van der Waals surface area contributed by atoms with Crippen LogP contribution in [-0.4, -0.2) is 37.0 Å². The maximum absolute atomic E-state index is 12.4. The van der Waals surface area contributed by atoms with Crippen molar-refractivity contribution >= 4 is 21.6 Å². The van der Waals surface area contributed by atoms with Crippen molar-refractivity contribution in [3.05, 3.63) is 23.5 Å². The fraction of sp³-hybridized carbons (Fsp3) is 0.500. The molecule has 1 aromatic rings. The monoisotopic (exact) mass is 316 g/mol. The van der Waals surface area contributed by atoms with Gasteiger partial charge in [0, 0.05) is 12.7 Å². The summed E-state index contributed by atoms with van der Waals surface area (Å²) in [6.45, 7) is -0.144. The van der Waals surface area contributed by atoms with E-state index in [1.54, 1.807) is 6.92 Å². The van der Waals surface area contributed by atoms with Gasteiger partial charge in [0.2, 0.25) is 10.0 Å². The Kier molecular flexibility index (Phi) is 5.17. The van der Waals surface area contributed by atoms with Crippen LogP contribution in [-0.2, 0) is 10.0 Å². The zero-order valence-corrected chi connectivity index (χ0v) is 11.6. The number of sulfonamides is 1. The van der Waals surface area contributed by atoms with Crippen LogP contribution in [0, 0.1) is 0 Å². The minimum Gasteiger partial charge on any atom is -0.243 e. The molecule has 1 aromatic heterocycles. The normalized spacial score (nSPS) is 12.9. The van der Waals surface area contributed by atoms with Crippen molar-refractivity contribution in [2.24, 2.45) is 0 Å². The summed E-state index contributed by atoms with van der Waals surface area (Å²) in [5.41, 5.74) is 0. The van der Waals surface area contributed by atoms with Crippen LogP contribution in [0.25, 0.3) is 0 Å². The quantitative estimate of drug-likeness (QED) is 0.785. The highest BCUT2D eigenvalue weighted by Gasteiger charge is 2.36. The summed E-state index contributed by atoms with van der Waals surface area (Å²) >= 11 is 5.51. The number of halogens is 4. The molecular formula is C10H12ClF3N2O2S. The molecule has 0 aliphatic rings. The third kappa shape index (κ3) is 4.63. The predicted molar refractivity (Wildman–Crippen MR) is 64.4 cm³/mol.